The highest BCUT2D eigenvalue weighted by atomic mass is 79.9. The lowest BCUT2D eigenvalue weighted by molar-refractivity contribution is -0.131. The molecule has 0 aliphatic carbocycles. The third kappa shape index (κ3) is 4.52. The Labute approximate surface area is 126 Å². The van der Waals surface area contributed by atoms with Gasteiger partial charge < -0.3 is 15.5 Å². The highest BCUT2D eigenvalue weighted by molar-refractivity contribution is 9.10. The summed E-state index contributed by atoms with van der Waals surface area (Å²) in [5.74, 6) is -0.181. The van der Waals surface area contributed by atoms with Crippen LogP contribution in [0.25, 0.3) is 0 Å². The van der Waals surface area contributed by atoms with Gasteiger partial charge in [0.1, 0.15) is 0 Å². The van der Waals surface area contributed by atoms with E-state index < -0.39 is 0 Å². The van der Waals surface area contributed by atoms with E-state index in [1.165, 1.54) is 0 Å². The zero-order valence-corrected chi connectivity index (χ0v) is 12.8. The summed E-state index contributed by atoms with van der Waals surface area (Å²) in [7, 11) is 0. The van der Waals surface area contributed by atoms with Crippen molar-refractivity contribution in [2.24, 2.45) is 0 Å². The van der Waals surface area contributed by atoms with Crippen molar-refractivity contribution in [2.45, 2.75) is 12.8 Å². The first-order valence-corrected chi connectivity index (χ1v) is 7.48. The predicted molar refractivity (Wildman–Crippen MR) is 81.5 cm³/mol. The van der Waals surface area contributed by atoms with Crippen LogP contribution in [0.1, 0.15) is 12.8 Å². The highest BCUT2D eigenvalue weighted by Crippen LogP contribution is 2.13. The number of nitrogens with one attached hydrogen (secondary N) is 2. The molecular weight excluding hydrogens is 322 g/mol. The molecule has 2 rings (SSSR count). The van der Waals surface area contributed by atoms with Crippen LogP contribution in [0.4, 0.5) is 5.69 Å². The Balaban J connectivity index is 1.67. The van der Waals surface area contributed by atoms with E-state index in [9.17, 15) is 9.59 Å². The standard InChI is InChI=1S/C14H18BrN3O2/c15-11-3-5-12(6-4-11)16-9-13(19)17-10-14(20)18-7-1-2-8-18/h3-6,16H,1-2,7-10H2,(H,17,19). The van der Waals surface area contributed by atoms with Crippen molar-refractivity contribution in [1.29, 1.82) is 0 Å². The van der Waals surface area contributed by atoms with Crippen LogP contribution in [0.5, 0.6) is 0 Å². The third-order valence-electron chi connectivity index (χ3n) is 3.19. The molecule has 6 heteroatoms. The molecule has 0 aromatic heterocycles. The van der Waals surface area contributed by atoms with Gasteiger partial charge in [-0.1, -0.05) is 15.9 Å². The van der Waals surface area contributed by atoms with E-state index >= 15 is 0 Å². The van der Waals surface area contributed by atoms with Crippen molar-refractivity contribution in [2.75, 3.05) is 31.5 Å². The zero-order chi connectivity index (χ0) is 14.4. The maximum Gasteiger partial charge on any atom is 0.241 e. The second kappa shape index (κ2) is 7.28. The van der Waals surface area contributed by atoms with E-state index in [1.807, 2.05) is 24.3 Å². The number of nitrogens with zero attached hydrogens (tertiary/aromatic N) is 1. The van der Waals surface area contributed by atoms with Crippen molar-refractivity contribution >= 4 is 33.4 Å². The maximum absolute atomic E-state index is 11.7. The van der Waals surface area contributed by atoms with E-state index in [-0.39, 0.29) is 24.9 Å². The Hall–Kier alpha value is -1.56. The van der Waals surface area contributed by atoms with Gasteiger partial charge in [-0.05, 0) is 37.1 Å². The second-order valence-corrected chi connectivity index (χ2v) is 5.64. The number of carbonyl (C=O) groups excluding carboxylic acids is 2. The van der Waals surface area contributed by atoms with E-state index in [1.54, 1.807) is 4.90 Å². The van der Waals surface area contributed by atoms with Crippen molar-refractivity contribution in [3.63, 3.8) is 0 Å². The molecule has 0 atom stereocenters. The van der Waals surface area contributed by atoms with Gasteiger partial charge in [-0.3, -0.25) is 9.59 Å². The molecule has 2 amide bonds. The number of anilines is 1. The van der Waals surface area contributed by atoms with Crippen molar-refractivity contribution in [1.82, 2.24) is 10.2 Å². The fraction of sp³-hybridized carbons (Fsp3) is 0.429. The van der Waals surface area contributed by atoms with Crippen LogP contribution < -0.4 is 10.6 Å². The van der Waals surface area contributed by atoms with Gasteiger partial charge in [-0.2, -0.15) is 0 Å². The number of amides is 2. The fourth-order valence-electron chi connectivity index (χ4n) is 2.07. The molecule has 1 aliphatic heterocycles. The number of benzene rings is 1. The molecule has 1 aliphatic rings. The van der Waals surface area contributed by atoms with Gasteiger partial charge in [0.2, 0.25) is 11.8 Å². The molecule has 0 bridgehead atoms. The summed E-state index contributed by atoms with van der Waals surface area (Å²) in [6.07, 6.45) is 2.12. The molecule has 5 nitrogen and oxygen atoms in total. The lowest BCUT2D eigenvalue weighted by Crippen LogP contribution is -2.40. The topological polar surface area (TPSA) is 61.4 Å². The summed E-state index contributed by atoms with van der Waals surface area (Å²) >= 11 is 3.35. The molecular formula is C14H18BrN3O2. The molecule has 20 heavy (non-hydrogen) atoms. The van der Waals surface area contributed by atoms with Gasteiger partial charge in [-0.25, -0.2) is 0 Å². The molecule has 1 heterocycles. The predicted octanol–water partition coefficient (Wildman–Crippen LogP) is 1.60. The van der Waals surface area contributed by atoms with Gasteiger partial charge >= 0.3 is 0 Å². The maximum atomic E-state index is 11.7. The van der Waals surface area contributed by atoms with Crippen LogP contribution in [-0.2, 0) is 9.59 Å². The van der Waals surface area contributed by atoms with Crippen molar-refractivity contribution in [3.8, 4) is 0 Å². The van der Waals surface area contributed by atoms with Crippen LogP contribution in [0.2, 0.25) is 0 Å². The van der Waals surface area contributed by atoms with E-state index in [2.05, 4.69) is 26.6 Å². The van der Waals surface area contributed by atoms with E-state index in [0.29, 0.717) is 0 Å². The van der Waals surface area contributed by atoms with Crippen LogP contribution in [0.15, 0.2) is 28.7 Å². The Kier molecular flexibility index (Phi) is 5.40. The molecule has 0 spiro atoms. The first-order chi connectivity index (χ1) is 9.65. The lowest BCUT2D eigenvalue weighted by atomic mass is 10.3. The third-order valence-corrected chi connectivity index (χ3v) is 3.72. The summed E-state index contributed by atoms with van der Waals surface area (Å²) in [5, 5.41) is 5.65. The highest BCUT2D eigenvalue weighted by Gasteiger charge is 2.17. The monoisotopic (exact) mass is 339 g/mol. The summed E-state index contributed by atoms with van der Waals surface area (Å²) in [4.78, 5) is 25.2. The largest absolute Gasteiger partial charge is 0.376 e. The summed E-state index contributed by atoms with van der Waals surface area (Å²) < 4.78 is 0.990. The lowest BCUT2D eigenvalue weighted by Gasteiger charge is -2.15. The minimum absolute atomic E-state index is 0.000471. The molecule has 2 N–H and O–H groups in total. The molecule has 1 aromatic carbocycles. The van der Waals surface area contributed by atoms with Gasteiger partial charge in [0.15, 0.2) is 0 Å². The van der Waals surface area contributed by atoms with Crippen molar-refractivity contribution < 1.29 is 9.59 Å². The number of halogens is 1. The van der Waals surface area contributed by atoms with Crippen LogP contribution in [0.3, 0.4) is 0 Å². The molecule has 0 unspecified atom stereocenters. The van der Waals surface area contributed by atoms with E-state index in [0.717, 1.165) is 36.1 Å². The van der Waals surface area contributed by atoms with Gasteiger partial charge in [0.05, 0.1) is 13.1 Å². The molecule has 108 valence electrons. The van der Waals surface area contributed by atoms with Gasteiger partial charge in [-0.15, -0.1) is 0 Å². The number of rotatable bonds is 5. The molecule has 0 saturated carbocycles. The smallest absolute Gasteiger partial charge is 0.241 e. The molecule has 1 aromatic rings. The summed E-state index contributed by atoms with van der Waals surface area (Å²) in [5.41, 5.74) is 0.870. The van der Waals surface area contributed by atoms with Crippen LogP contribution in [-0.4, -0.2) is 42.9 Å². The number of likely N-dealkylation sites (tertiary alicyclic amines) is 1. The normalized spacial score (nSPS) is 14.2. The number of carbonyl (C=O) groups is 2. The minimum Gasteiger partial charge on any atom is -0.376 e. The first kappa shape index (κ1) is 14.8. The fourth-order valence-corrected chi connectivity index (χ4v) is 2.33. The average Bonchev–Trinajstić information content (AvgIpc) is 2.98. The Morgan fingerprint density at radius 1 is 1.10 bits per heavy atom. The van der Waals surface area contributed by atoms with Gasteiger partial charge in [0, 0.05) is 23.2 Å². The minimum atomic E-state index is -0.180. The quantitative estimate of drug-likeness (QED) is 0.856. The summed E-state index contributed by atoms with van der Waals surface area (Å²) in [6.45, 7) is 1.87. The second-order valence-electron chi connectivity index (χ2n) is 4.73. The SMILES string of the molecule is O=C(CNc1ccc(Br)cc1)NCC(=O)N1CCCC1. The van der Waals surface area contributed by atoms with E-state index in [4.69, 9.17) is 0 Å². The average molecular weight is 340 g/mol. The Morgan fingerprint density at radius 2 is 1.75 bits per heavy atom. The molecule has 1 fully saturated rings. The number of hydrogen-bond acceptors (Lipinski definition) is 3. The van der Waals surface area contributed by atoms with Crippen LogP contribution in [0, 0.1) is 0 Å². The van der Waals surface area contributed by atoms with Crippen molar-refractivity contribution in [3.05, 3.63) is 28.7 Å². The Morgan fingerprint density at radius 3 is 2.40 bits per heavy atom. The number of hydrogen-bond donors (Lipinski definition) is 2. The van der Waals surface area contributed by atoms with Crippen LogP contribution >= 0.6 is 15.9 Å². The first-order valence-electron chi connectivity index (χ1n) is 6.69. The zero-order valence-electron chi connectivity index (χ0n) is 11.2. The Bertz CT molecular complexity index is 470. The van der Waals surface area contributed by atoms with Gasteiger partial charge in [0.25, 0.3) is 0 Å². The summed E-state index contributed by atoms with van der Waals surface area (Å²) in [6, 6.07) is 7.56. The molecule has 0 radical (unpaired) electrons. The molecule has 1 saturated heterocycles.